The minimum atomic E-state index is -0.722. The Labute approximate surface area is 160 Å². The van der Waals surface area contributed by atoms with Crippen molar-refractivity contribution in [2.75, 3.05) is 5.32 Å². The quantitative estimate of drug-likeness (QED) is 0.395. The third-order valence-electron chi connectivity index (χ3n) is 4.99. The number of ketones is 2. The van der Waals surface area contributed by atoms with Crippen LogP contribution in [0.4, 0.5) is 11.4 Å². The summed E-state index contributed by atoms with van der Waals surface area (Å²) in [6.45, 7) is 3.82. The second kappa shape index (κ2) is 6.13. The van der Waals surface area contributed by atoms with Gasteiger partial charge in [0.2, 0.25) is 11.6 Å². The van der Waals surface area contributed by atoms with Gasteiger partial charge in [-0.1, -0.05) is 18.2 Å². The van der Waals surface area contributed by atoms with E-state index in [4.69, 9.17) is 0 Å². The van der Waals surface area contributed by atoms with Crippen LogP contribution in [0.2, 0.25) is 0 Å². The summed E-state index contributed by atoms with van der Waals surface area (Å²) in [4.78, 5) is 26.2. The number of para-hydroxylation sites is 1. The van der Waals surface area contributed by atoms with Crippen LogP contribution in [0.15, 0.2) is 42.5 Å². The van der Waals surface area contributed by atoms with Gasteiger partial charge < -0.3 is 20.6 Å². The maximum Gasteiger partial charge on any atom is 0.202 e. The number of fused-ring (bicyclic) bond motifs is 2. The lowest BCUT2D eigenvalue weighted by molar-refractivity contribution is 0.0972. The topological polar surface area (TPSA) is 107 Å². The van der Waals surface area contributed by atoms with E-state index in [1.807, 2.05) is 32.0 Å². The minimum Gasteiger partial charge on any atom is -0.507 e. The predicted octanol–water partition coefficient (Wildman–Crippen LogP) is 3.94. The van der Waals surface area contributed by atoms with Crippen molar-refractivity contribution in [3.63, 3.8) is 0 Å². The van der Waals surface area contributed by atoms with E-state index >= 15 is 0 Å². The summed E-state index contributed by atoms with van der Waals surface area (Å²) in [5.74, 6) is -2.57. The predicted molar refractivity (Wildman–Crippen MR) is 104 cm³/mol. The number of benzene rings is 3. The van der Waals surface area contributed by atoms with Gasteiger partial charge in [-0.25, -0.2) is 0 Å². The van der Waals surface area contributed by atoms with Crippen LogP contribution in [0.25, 0.3) is 0 Å². The SMILES string of the molecule is Cc1cccc(C)c1Nc1ccc(O)c2c1C(=O)c1c(O)ccc(O)c1C2=O. The van der Waals surface area contributed by atoms with E-state index in [0.29, 0.717) is 5.69 Å². The fraction of sp³-hybridized carbons (Fsp3) is 0.0909. The maximum absolute atomic E-state index is 13.2. The number of carbonyl (C=O) groups is 2. The average Bonchev–Trinajstić information content (AvgIpc) is 2.65. The molecule has 3 aromatic carbocycles. The molecule has 0 radical (unpaired) electrons. The fourth-order valence-electron chi connectivity index (χ4n) is 3.60. The number of aromatic hydroxyl groups is 3. The van der Waals surface area contributed by atoms with E-state index < -0.39 is 23.1 Å². The van der Waals surface area contributed by atoms with Crippen LogP contribution in [0, 0.1) is 13.8 Å². The Kier molecular flexibility index (Phi) is 3.85. The van der Waals surface area contributed by atoms with Gasteiger partial charge in [0.05, 0.1) is 27.9 Å². The van der Waals surface area contributed by atoms with Crippen molar-refractivity contribution < 1.29 is 24.9 Å². The average molecular weight is 375 g/mol. The molecule has 0 saturated heterocycles. The smallest absolute Gasteiger partial charge is 0.202 e. The van der Waals surface area contributed by atoms with Gasteiger partial charge in [-0.3, -0.25) is 9.59 Å². The second-order valence-electron chi connectivity index (χ2n) is 6.79. The third kappa shape index (κ3) is 2.42. The van der Waals surface area contributed by atoms with Crippen molar-refractivity contribution in [1.29, 1.82) is 0 Å². The summed E-state index contributed by atoms with van der Waals surface area (Å²) in [7, 11) is 0. The van der Waals surface area contributed by atoms with Crippen molar-refractivity contribution >= 4 is 22.9 Å². The van der Waals surface area contributed by atoms with Gasteiger partial charge in [-0.2, -0.15) is 0 Å². The molecule has 6 heteroatoms. The number of nitrogens with one attached hydrogen (secondary N) is 1. The van der Waals surface area contributed by atoms with Crippen molar-refractivity contribution in [1.82, 2.24) is 0 Å². The number of aryl methyl sites for hydroxylation is 2. The molecule has 0 fully saturated rings. The molecule has 0 bridgehead atoms. The van der Waals surface area contributed by atoms with Crippen molar-refractivity contribution in [3.8, 4) is 17.2 Å². The number of hydrogen-bond acceptors (Lipinski definition) is 6. The molecule has 4 N–H and O–H groups in total. The molecular weight excluding hydrogens is 358 g/mol. The van der Waals surface area contributed by atoms with Crippen LogP contribution >= 0.6 is 0 Å². The highest BCUT2D eigenvalue weighted by Gasteiger charge is 2.38. The molecule has 1 aliphatic carbocycles. The molecule has 3 aromatic rings. The first kappa shape index (κ1) is 17.6. The lowest BCUT2D eigenvalue weighted by atomic mass is 9.81. The van der Waals surface area contributed by atoms with E-state index in [-0.39, 0.29) is 28.0 Å². The molecule has 0 saturated carbocycles. The van der Waals surface area contributed by atoms with Gasteiger partial charge in [0.25, 0.3) is 0 Å². The Morgan fingerprint density at radius 3 is 1.61 bits per heavy atom. The summed E-state index contributed by atoms with van der Waals surface area (Å²) >= 11 is 0. The van der Waals surface area contributed by atoms with Gasteiger partial charge in [-0.15, -0.1) is 0 Å². The summed E-state index contributed by atoms with van der Waals surface area (Å²) in [6, 6.07) is 10.9. The Morgan fingerprint density at radius 2 is 1.07 bits per heavy atom. The van der Waals surface area contributed by atoms with E-state index in [2.05, 4.69) is 5.32 Å². The number of phenolic OH excluding ortho intramolecular Hbond substituents is 3. The minimum absolute atomic E-state index is 0.0407. The van der Waals surface area contributed by atoms with E-state index in [9.17, 15) is 24.9 Å². The van der Waals surface area contributed by atoms with Crippen molar-refractivity contribution in [2.45, 2.75) is 13.8 Å². The second-order valence-corrected chi connectivity index (χ2v) is 6.79. The van der Waals surface area contributed by atoms with E-state index in [1.165, 1.54) is 12.1 Å². The summed E-state index contributed by atoms with van der Waals surface area (Å²) in [5, 5.41) is 33.7. The van der Waals surface area contributed by atoms with Gasteiger partial charge >= 0.3 is 0 Å². The van der Waals surface area contributed by atoms with Gasteiger partial charge in [0, 0.05) is 5.69 Å². The number of anilines is 2. The largest absolute Gasteiger partial charge is 0.507 e. The van der Waals surface area contributed by atoms with Crippen LogP contribution in [0.3, 0.4) is 0 Å². The van der Waals surface area contributed by atoms with Crippen molar-refractivity contribution in [2.24, 2.45) is 0 Å². The zero-order valence-electron chi connectivity index (χ0n) is 15.2. The van der Waals surface area contributed by atoms with Crippen molar-refractivity contribution in [3.05, 3.63) is 75.8 Å². The molecule has 0 spiro atoms. The summed E-state index contributed by atoms with van der Waals surface area (Å²) in [5.41, 5.74) is 2.17. The molecular formula is C22H17NO5. The van der Waals surface area contributed by atoms with E-state index in [1.54, 1.807) is 0 Å². The first-order chi connectivity index (χ1) is 13.3. The van der Waals surface area contributed by atoms with Crippen LogP contribution < -0.4 is 5.32 Å². The molecule has 0 aromatic heterocycles. The highest BCUT2D eigenvalue weighted by atomic mass is 16.3. The van der Waals surface area contributed by atoms with E-state index in [0.717, 1.165) is 28.9 Å². The van der Waals surface area contributed by atoms with Gasteiger partial charge in [0.15, 0.2) is 0 Å². The molecule has 28 heavy (non-hydrogen) atoms. The molecule has 0 amide bonds. The zero-order valence-corrected chi connectivity index (χ0v) is 15.2. The highest BCUT2D eigenvalue weighted by molar-refractivity contribution is 6.32. The normalized spacial score (nSPS) is 12.5. The molecule has 0 heterocycles. The Bertz CT molecular complexity index is 1160. The Hall–Kier alpha value is -3.80. The number of phenols is 3. The van der Waals surface area contributed by atoms with Gasteiger partial charge in [-0.05, 0) is 49.2 Å². The van der Waals surface area contributed by atoms with Crippen LogP contribution in [0.1, 0.15) is 43.0 Å². The standard InChI is InChI=1S/C22H17NO5/c1-10-4-3-5-11(2)20(10)23-12-6-7-13(24)17-16(12)21(27)18-14(25)8-9-15(26)19(18)22(17)28/h3-9,23-26H,1-2H3. The molecule has 6 nitrogen and oxygen atoms in total. The first-order valence-electron chi connectivity index (χ1n) is 8.64. The molecule has 0 aliphatic heterocycles. The van der Waals surface area contributed by atoms with Crippen LogP contribution in [-0.2, 0) is 0 Å². The maximum atomic E-state index is 13.2. The monoisotopic (exact) mass is 375 g/mol. The molecule has 0 atom stereocenters. The molecule has 0 unspecified atom stereocenters. The third-order valence-corrected chi connectivity index (χ3v) is 4.99. The molecule has 4 rings (SSSR count). The summed E-state index contributed by atoms with van der Waals surface area (Å²) < 4.78 is 0. The lowest BCUT2D eigenvalue weighted by Gasteiger charge is -2.23. The number of rotatable bonds is 2. The first-order valence-corrected chi connectivity index (χ1v) is 8.64. The molecule has 140 valence electrons. The zero-order chi connectivity index (χ0) is 20.2. The fourth-order valence-corrected chi connectivity index (χ4v) is 3.60. The Balaban J connectivity index is 1.97. The number of hydrogen-bond donors (Lipinski definition) is 4. The van der Waals surface area contributed by atoms with Gasteiger partial charge in [0.1, 0.15) is 17.2 Å². The highest BCUT2D eigenvalue weighted by Crippen LogP contribution is 2.43. The Morgan fingerprint density at radius 1 is 0.643 bits per heavy atom. The molecule has 1 aliphatic rings. The van der Waals surface area contributed by atoms with Crippen LogP contribution in [-0.4, -0.2) is 26.9 Å². The summed E-state index contributed by atoms with van der Waals surface area (Å²) in [6.07, 6.45) is 0. The lowest BCUT2D eigenvalue weighted by Crippen LogP contribution is -2.23. The number of carbonyl (C=O) groups excluding carboxylic acids is 2. The van der Waals surface area contributed by atoms with Crippen LogP contribution in [0.5, 0.6) is 17.2 Å².